The number of hydrogen-bond donors (Lipinski definition) is 2. The van der Waals surface area contributed by atoms with E-state index in [-0.39, 0.29) is 24.5 Å². The zero-order valence-electron chi connectivity index (χ0n) is 17.2. The molecule has 5 nitrogen and oxygen atoms in total. The minimum atomic E-state index is -0.328. The third kappa shape index (κ3) is 5.70. The van der Waals surface area contributed by atoms with Crippen LogP contribution in [0.15, 0.2) is 78.9 Å². The molecule has 0 saturated heterocycles. The average Bonchev–Trinajstić information content (AvgIpc) is 2.79. The van der Waals surface area contributed by atoms with Crippen LogP contribution in [0.1, 0.15) is 41.4 Å². The molecule has 0 unspecified atom stereocenters. The van der Waals surface area contributed by atoms with Crippen LogP contribution in [0.3, 0.4) is 0 Å². The molecule has 0 aliphatic rings. The lowest BCUT2D eigenvalue weighted by Crippen LogP contribution is -2.28. The van der Waals surface area contributed by atoms with Crippen LogP contribution in [0, 0.1) is 0 Å². The first kappa shape index (κ1) is 21.1. The van der Waals surface area contributed by atoms with Gasteiger partial charge in [0.1, 0.15) is 5.75 Å². The largest absolute Gasteiger partial charge is 0.484 e. The van der Waals surface area contributed by atoms with Crippen LogP contribution in [-0.2, 0) is 11.2 Å². The Morgan fingerprint density at radius 1 is 0.900 bits per heavy atom. The normalized spacial score (nSPS) is 11.4. The topological polar surface area (TPSA) is 67.4 Å². The van der Waals surface area contributed by atoms with Crippen LogP contribution in [-0.4, -0.2) is 18.4 Å². The van der Waals surface area contributed by atoms with Crippen molar-refractivity contribution in [3.63, 3.8) is 0 Å². The number of para-hydroxylation sites is 1. The highest BCUT2D eigenvalue weighted by Crippen LogP contribution is 2.18. The zero-order valence-corrected chi connectivity index (χ0v) is 17.2. The van der Waals surface area contributed by atoms with Gasteiger partial charge in [-0.15, -0.1) is 0 Å². The van der Waals surface area contributed by atoms with Gasteiger partial charge in [-0.25, -0.2) is 0 Å². The van der Waals surface area contributed by atoms with Crippen molar-refractivity contribution in [3.05, 3.63) is 95.6 Å². The Bertz CT molecular complexity index is 985. The van der Waals surface area contributed by atoms with Crippen molar-refractivity contribution >= 4 is 17.5 Å². The third-order valence-electron chi connectivity index (χ3n) is 4.79. The minimum absolute atomic E-state index is 0.137. The molecular formula is C25H26N2O3. The van der Waals surface area contributed by atoms with Crippen molar-refractivity contribution in [2.24, 2.45) is 0 Å². The fraction of sp³-hybridized carbons (Fsp3) is 0.200. The SMILES string of the molecule is CCc1ccc(OCC(=O)Nc2ccccc2C(=O)N[C@H](C)c2ccccc2)cc1. The van der Waals surface area contributed by atoms with Crippen molar-refractivity contribution in [2.45, 2.75) is 26.3 Å². The Hall–Kier alpha value is -3.60. The van der Waals surface area contributed by atoms with Crippen LogP contribution < -0.4 is 15.4 Å². The van der Waals surface area contributed by atoms with Crippen LogP contribution in [0.4, 0.5) is 5.69 Å². The third-order valence-corrected chi connectivity index (χ3v) is 4.79. The van der Waals surface area contributed by atoms with Crippen molar-refractivity contribution in [1.82, 2.24) is 5.32 Å². The molecule has 0 bridgehead atoms. The van der Waals surface area contributed by atoms with E-state index >= 15 is 0 Å². The first-order valence-corrected chi connectivity index (χ1v) is 10.0. The average molecular weight is 402 g/mol. The Morgan fingerprint density at radius 3 is 2.27 bits per heavy atom. The van der Waals surface area contributed by atoms with Crippen molar-refractivity contribution in [2.75, 3.05) is 11.9 Å². The van der Waals surface area contributed by atoms with Crippen LogP contribution in [0.5, 0.6) is 5.75 Å². The maximum Gasteiger partial charge on any atom is 0.262 e. The number of nitrogens with one attached hydrogen (secondary N) is 2. The number of anilines is 1. The molecule has 0 aliphatic carbocycles. The molecule has 30 heavy (non-hydrogen) atoms. The Kier molecular flexibility index (Phi) is 7.22. The number of amides is 2. The molecule has 3 rings (SSSR count). The predicted molar refractivity (Wildman–Crippen MR) is 119 cm³/mol. The van der Waals surface area contributed by atoms with Gasteiger partial charge < -0.3 is 15.4 Å². The monoisotopic (exact) mass is 402 g/mol. The van der Waals surface area contributed by atoms with E-state index in [4.69, 9.17) is 4.74 Å². The molecule has 5 heteroatoms. The van der Waals surface area contributed by atoms with Gasteiger partial charge in [0.25, 0.3) is 11.8 Å². The minimum Gasteiger partial charge on any atom is -0.484 e. The summed E-state index contributed by atoms with van der Waals surface area (Å²) in [5.41, 5.74) is 3.07. The van der Waals surface area contributed by atoms with Gasteiger partial charge in [-0.1, -0.05) is 61.5 Å². The quantitative estimate of drug-likeness (QED) is 0.571. The van der Waals surface area contributed by atoms with E-state index < -0.39 is 0 Å². The van der Waals surface area contributed by atoms with E-state index in [1.54, 1.807) is 24.3 Å². The maximum absolute atomic E-state index is 12.8. The first-order valence-electron chi connectivity index (χ1n) is 10.0. The summed E-state index contributed by atoms with van der Waals surface area (Å²) in [6, 6.07) is 24.1. The van der Waals surface area contributed by atoms with E-state index in [9.17, 15) is 9.59 Å². The highest BCUT2D eigenvalue weighted by Gasteiger charge is 2.16. The van der Waals surface area contributed by atoms with Gasteiger partial charge in [-0.3, -0.25) is 9.59 Å². The molecule has 0 spiro atoms. The first-order chi connectivity index (χ1) is 14.6. The van der Waals surface area contributed by atoms with Crippen molar-refractivity contribution < 1.29 is 14.3 Å². The van der Waals surface area contributed by atoms with Crippen LogP contribution in [0.25, 0.3) is 0 Å². The molecule has 3 aromatic carbocycles. The molecule has 0 radical (unpaired) electrons. The summed E-state index contributed by atoms with van der Waals surface area (Å²) in [5, 5.41) is 5.75. The highest BCUT2D eigenvalue weighted by molar-refractivity contribution is 6.04. The van der Waals surface area contributed by atoms with Crippen molar-refractivity contribution in [3.8, 4) is 5.75 Å². The van der Waals surface area contributed by atoms with E-state index in [0.717, 1.165) is 12.0 Å². The van der Waals surface area contributed by atoms with Gasteiger partial charge in [0.2, 0.25) is 0 Å². The van der Waals surface area contributed by atoms with Gasteiger partial charge in [0.05, 0.1) is 17.3 Å². The van der Waals surface area contributed by atoms with Gasteiger partial charge >= 0.3 is 0 Å². The summed E-state index contributed by atoms with van der Waals surface area (Å²) in [4.78, 5) is 25.1. The summed E-state index contributed by atoms with van der Waals surface area (Å²) < 4.78 is 5.55. The van der Waals surface area contributed by atoms with Crippen LogP contribution >= 0.6 is 0 Å². The lowest BCUT2D eigenvalue weighted by molar-refractivity contribution is -0.118. The lowest BCUT2D eigenvalue weighted by atomic mass is 10.1. The predicted octanol–water partition coefficient (Wildman–Crippen LogP) is 4.76. The molecule has 0 aliphatic heterocycles. The molecule has 0 heterocycles. The standard InChI is InChI=1S/C25H26N2O3/c1-3-19-13-15-21(16-14-19)30-17-24(28)27-23-12-8-7-11-22(23)25(29)26-18(2)20-9-5-4-6-10-20/h4-16,18H,3,17H2,1-2H3,(H,26,29)(H,27,28)/t18-/m1/s1. The number of hydrogen-bond acceptors (Lipinski definition) is 3. The molecule has 2 amide bonds. The van der Waals surface area contributed by atoms with Crippen LogP contribution in [0.2, 0.25) is 0 Å². The summed E-state index contributed by atoms with van der Waals surface area (Å²) in [5.74, 6) is 0.0503. The summed E-state index contributed by atoms with van der Waals surface area (Å²) in [6.45, 7) is 3.87. The molecule has 2 N–H and O–H groups in total. The molecular weight excluding hydrogens is 376 g/mol. The zero-order chi connectivity index (χ0) is 21.3. The summed E-state index contributed by atoms with van der Waals surface area (Å²) >= 11 is 0. The Balaban J connectivity index is 1.61. The molecule has 0 saturated carbocycles. The Morgan fingerprint density at radius 2 is 1.57 bits per heavy atom. The van der Waals surface area contributed by atoms with Gasteiger partial charge in [0, 0.05) is 0 Å². The molecule has 0 fully saturated rings. The number of aryl methyl sites for hydroxylation is 1. The number of carbonyl (C=O) groups is 2. The molecule has 3 aromatic rings. The van der Waals surface area contributed by atoms with Gasteiger partial charge in [0.15, 0.2) is 6.61 Å². The van der Waals surface area contributed by atoms with E-state index in [0.29, 0.717) is 17.0 Å². The van der Waals surface area contributed by atoms with Crippen molar-refractivity contribution in [1.29, 1.82) is 0 Å². The fourth-order valence-corrected chi connectivity index (χ4v) is 3.05. The second-order valence-corrected chi connectivity index (χ2v) is 6.99. The number of carbonyl (C=O) groups excluding carboxylic acids is 2. The molecule has 1 atom stereocenters. The van der Waals surface area contributed by atoms with E-state index in [1.165, 1.54) is 5.56 Å². The fourth-order valence-electron chi connectivity index (χ4n) is 3.05. The second kappa shape index (κ2) is 10.3. The summed E-state index contributed by atoms with van der Waals surface area (Å²) in [7, 11) is 0. The Labute approximate surface area is 177 Å². The highest BCUT2D eigenvalue weighted by atomic mass is 16.5. The van der Waals surface area contributed by atoms with E-state index in [1.807, 2.05) is 61.5 Å². The summed E-state index contributed by atoms with van der Waals surface area (Å²) in [6.07, 6.45) is 0.947. The number of benzene rings is 3. The number of rotatable bonds is 8. The van der Waals surface area contributed by atoms with Gasteiger partial charge in [-0.2, -0.15) is 0 Å². The van der Waals surface area contributed by atoms with Gasteiger partial charge in [-0.05, 0) is 48.7 Å². The second-order valence-electron chi connectivity index (χ2n) is 6.99. The molecule has 0 aromatic heterocycles. The lowest BCUT2D eigenvalue weighted by Gasteiger charge is -2.16. The number of ether oxygens (including phenoxy) is 1. The smallest absolute Gasteiger partial charge is 0.262 e. The maximum atomic E-state index is 12.8. The van der Waals surface area contributed by atoms with E-state index in [2.05, 4.69) is 17.6 Å². The molecule has 154 valence electrons.